The standard InChI is InChI=1S/C15H18N2S/c1-2-6-14-12(4-1)7-8-17-15(14)11-16-10-13-5-3-9-18-13/h1-6,9,15-17H,7-8,10-11H2. The molecule has 2 N–H and O–H groups in total. The van der Waals surface area contributed by atoms with Crippen molar-refractivity contribution in [2.75, 3.05) is 13.1 Å². The summed E-state index contributed by atoms with van der Waals surface area (Å²) in [5, 5.41) is 9.27. The normalized spacial score (nSPS) is 18.6. The average molecular weight is 258 g/mol. The van der Waals surface area contributed by atoms with Gasteiger partial charge in [-0.25, -0.2) is 0 Å². The van der Waals surface area contributed by atoms with E-state index in [2.05, 4.69) is 52.4 Å². The van der Waals surface area contributed by atoms with Crippen LogP contribution in [0.15, 0.2) is 41.8 Å². The van der Waals surface area contributed by atoms with Gasteiger partial charge in [-0.15, -0.1) is 11.3 Å². The van der Waals surface area contributed by atoms with Crippen molar-refractivity contribution in [3.8, 4) is 0 Å². The molecule has 1 unspecified atom stereocenters. The maximum atomic E-state index is 3.60. The fraction of sp³-hybridized carbons (Fsp3) is 0.333. The van der Waals surface area contributed by atoms with E-state index in [0.29, 0.717) is 6.04 Å². The predicted molar refractivity (Wildman–Crippen MR) is 76.9 cm³/mol. The van der Waals surface area contributed by atoms with Gasteiger partial charge in [-0.05, 0) is 35.5 Å². The largest absolute Gasteiger partial charge is 0.310 e. The third-order valence-electron chi connectivity index (χ3n) is 3.44. The summed E-state index contributed by atoms with van der Waals surface area (Å²) in [6.07, 6.45) is 1.15. The smallest absolute Gasteiger partial charge is 0.0449 e. The molecule has 1 atom stereocenters. The van der Waals surface area contributed by atoms with E-state index in [0.717, 1.165) is 26.1 Å². The van der Waals surface area contributed by atoms with Gasteiger partial charge in [0.15, 0.2) is 0 Å². The van der Waals surface area contributed by atoms with Gasteiger partial charge in [0.1, 0.15) is 0 Å². The molecule has 1 aliphatic heterocycles. The van der Waals surface area contributed by atoms with Crippen molar-refractivity contribution >= 4 is 11.3 Å². The van der Waals surface area contributed by atoms with Gasteiger partial charge in [-0.3, -0.25) is 0 Å². The Morgan fingerprint density at radius 2 is 2.17 bits per heavy atom. The van der Waals surface area contributed by atoms with Gasteiger partial charge in [0.25, 0.3) is 0 Å². The molecule has 1 aromatic carbocycles. The zero-order chi connectivity index (χ0) is 12.2. The van der Waals surface area contributed by atoms with Crippen molar-refractivity contribution < 1.29 is 0 Å². The molecule has 0 radical (unpaired) electrons. The highest BCUT2D eigenvalue weighted by Gasteiger charge is 2.18. The van der Waals surface area contributed by atoms with E-state index >= 15 is 0 Å². The average Bonchev–Trinajstić information content (AvgIpc) is 2.92. The second-order valence-corrected chi connectivity index (χ2v) is 5.70. The van der Waals surface area contributed by atoms with Crippen LogP contribution in [-0.4, -0.2) is 13.1 Å². The van der Waals surface area contributed by atoms with Crippen LogP contribution in [0, 0.1) is 0 Å². The van der Waals surface area contributed by atoms with Crippen molar-refractivity contribution in [3.63, 3.8) is 0 Å². The first-order valence-corrected chi connectivity index (χ1v) is 7.36. The zero-order valence-electron chi connectivity index (χ0n) is 10.4. The van der Waals surface area contributed by atoms with Crippen molar-refractivity contribution in [2.45, 2.75) is 19.0 Å². The van der Waals surface area contributed by atoms with Crippen LogP contribution in [0.5, 0.6) is 0 Å². The Bertz CT molecular complexity index is 493. The van der Waals surface area contributed by atoms with E-state index < -0.39 is 0 Å². The summed E-state index contributed by atoms with van der Waals surface area (Å²) in [7, 11) is 0. The van der Waals surface area contributed by atoms with Crippen molar-refractivity contribution in [1.29, 1.82) is 0 Å². The molecule has 18 heavy (non-hydrogen) atoms. The Morgan fingerprint density at radius 3 is 3.06 bits per heavy atom. The van der Waals surface area contributed by atoms with Crippen molar-refractivity contribution in [2.24, 2.45) is 0 Å². The fourth-order valence-corrected chi connectivity index (χ4v) is 3.20. The topological polar surface area (TPSA) is 24.1 Å². The molecule has 0 saturated heterocycles. The van der Waals surface area contributed by atoms with Gasteiger partial charge in [-0.1, -0.05) is 30.3 Å². The summed E-state index contributed by atoms with van der Waals surface area (Å²) in [5.41, 5.74) is 2.96. The Labute approximate surface area is 112 Å². The van der Waals surface area contributed by atoms with Gasteiger partial charge in [0, 0.05) is 24.0 Å². The van der Waals surface area contributed by atoms with Crippen LogP contribution < -0.4 is 10.6 Å². The highest BCUT2D eigenvalue weighted by molar-refractivity contribution is 7.09. The number of nitrogens with one attached hydrogen (secondary N) is 2. The first kappa shape index (κ1) is 11.9. The number of benzene rings is 1. The molecule has 94 valence electrons. The molecule has 2 heterocycles. The summed E-state index contributed by atoms with van der Waals surface area (Å²) < 4.78 is 0. The molecule has 1 aromatic heterocycles. The molecule has 3 rings (SSSR count). The van der Waals surface area contributed by atoms with Gasteiger partial charge in [0.05, 0.1) is 0 Å². The van der Waals surface area contributed by atoms with Crippen LogP contribution in [0.25, 0.3) is 0 Å². The Kier molecular flexibility index (Phi) is 3.74. The van der Waals surface area contributed by atoms with Crippen molar-refractivity contribution in [3.05, 3.63) is 57.8 Å². The molecule has 3 heteroatoms. The second kappa shape index (κ2) is 5.65. The molecule has 2 nitrogen and oxygen atoms in total. The molecule has 0 saturated carbocycles. The number of rotatable bonds is 4. The van der Waals surface area contributed by atoms with E-state index in [1.54, 1.807) is 0 Å². The van der Waals surface area contributed by atoms with E-state index in [4.69, 9.17) is 0 Å². The summed E-state index contributed by atoms with van der Waals surface area (Å²) in [6.45, 7) is 3.05. The lowest BCUT2D eigenvalue weighted by Crippen LogP contribution is -2.36. The van der Waals surface area contributed by atoms with Crippen LogP contribution in [0.4, 0.5) is 0 Å². The SMILES string of the molecule is c1csc(CNCC2NCCc3ccccc32)c1. The van der Waals surface area contributed by atoms with Crippen LogP contribution in [0.3, 0.4) is 0 Å². The molecule has 1 aliphatic rings. The maximum absolute atomic E-state index is 3.60. The highest BCUT2D eigenvalue weighted by atomic mass is 32.1. The minimum absolute atomic E-state index is 0.454. The summed E-state index contributed by atoms with van der Waals surface area (Å²) in [4.78, 5) is 1.40. The second-order valence-electron chi connectivity index (χ2n) is 4.67. The van der Waals surface area contributed by atoms with Gasteiger partial charge in [-0.2, -0.15) is 0 Å². The number of hydrogen-bond donors (Lipinski definition) is 2. The zero-order valence-corrected chi connectivity index (χ0v) is 11.2. The van der Waals surface area contributed by atoms with Gasteiger partial charge >= 0.3 is 0 Å². The minimum atomic E-state index is 0.454. The first-order valence-electron chi connectivity index (χ1n) is 6.48. The third-order valence-corrected chi connectivity index (χ3v) is 4.32. The molecular weight excluding hydrogens is 240 g/mol. The van der Waals surface area contributed by atoms with Crippen LogP contribution in [-0.2, 0) is 13.0 Å². The van der Waals surface area contributed by atoms with E-state index in [1.807, 2.05) is 11.3 Å². The highest BCUT2D eigenvalue weighted by Crippen LogP contribution is 2.22. The lowest BCUT2D eigenvalue weighted by Gasteiger charge is -2.27. The summed E-state index contributed by atoms with van der Waals surface area (Å²) >= 11 is 1.81. The van der Waals surface area contributed by atoms with E-state index in [1.165, 1.54) is 16.0 Å². The van der Waals surface area contributed by atoms with Crippen LogP contribution >= 0.6 is 11.3 Å². The van der Waals surface area contributed by atoms with E-state index in [-0.39, 0.29) is 0 Å². The molecule has 0 spiro atoms. The molecule has 2 aromatic rings. The van der Waals surface area contributed by atoms with Crippen LogP contribution in [0.1, 0.15) is 22.0 Å². The monoisotopic (exact) mass is 258 g/mol. The van der Waals surface area contributed by atoms with Gasteiger partial charge in [0.2, 0.25) is 0 Å². The quantitative estimate of drug-likeness (QED) is 0.881. The first-order chi connectivity index (χ1) is 8.93. The lowest BCUT2D eigenvalue weighted by atomic mass is 9.94. The molecular formula is C15H18N2S. The fourth-order valence-electron chi connectivity index (χ4n) is 2.53. The number of hydrogen-bond acceptors (Lipinski definition) is 3. The Morgan fingerprint density at radius 1 is 1.22 bits per heavy atom. The maximum Gasteiger partial charge on any atom is 0.0449 e. The van der Waals surface area contributed by atoms with E-state index in [9.17, 15) is 0 Å². The molecule has 0 amide bonds. The number of thiophene rings is 1. The Balaban J connectivity index is 1.60. The minimum Gasteiger partial charge on any atom is -0.310 e. The summed E-state index contributed by atoms with van der Waals surface area (Å²) in [5.74, 6) is 0. The molecule has 0 fully saturated rings. The Hall–Kier alpha value is -1.16. The molecule has 0 bridgehead atoms. The summed E-state index contributed by atoms with van der Waals surface area (Å²) in [6, 6.07) is 13.5. The van der Waals surface area contributed by atoms with Crippen molar-refractivity contribution in [1.82, 2.24) is 10.6 Å². The third kappa shape index (κ3) is 2.64. The van der Waals surface area contributed by atoms with Gasteiger partial charge < -0.3 is 10.6 Å². The predicted octanol–water partition coefficient (Wildman–Crippen LogP) is 2.72. The lowest BCUT2D eigenvalue weighted by molar-refractivity contribution is 0.469. The van der Waals surface area contributed by atoms with Crippen LogP contribution in [0.2, 0.25) is 0 Å². The molecule has 0 aliphatic carbocycles. The number of fused-ring (bicyclic) bond motifs is 1.